The van der Waals surface area contributed by atoms with Gasteiger partial charge in [-0.2, -0.15) is 0 Å². The molecule has 3 atom stereocenters. The standard InChI is InChI=1S/C69H119N2O7P/c1-7-10-13-16-19-22-25-28-30-32-34-35-37-39-41-44-47-50-53-56-59-62-69(73)78-67(60-57-54-51-48-45-42-27-24-21-18-15-12-9-3)66(65-77-79(74,75)76-64-63-71(4,5)6)70-68(72)61-58-55-52-49-46-43-40-38-36-33-31-29-26-23-20-17-14-11-8-2/h10,13,19-20,22-23,28-31,34-36,38-39,41,43,46,57,60,66-67H,7-9,11-12,14-18,21,24-27,32-33,37,40,42,44-45,47-56,58-59,61-65H2,1-6H3,(H-,70,72,74,75)/b13-10-,22-19-,23-20-,30-28-,31-29-,35-34-,38-36-,41-39-,46-43-,60-57+. The van der Waals surface area contributed by atoms with Crippen LogP contribution in [0.25, 0.3) is 0 Å². The molecule has 3 unspecified atom stereocenters. The fourth-order valence-electron chi connectivity index (χ4n) is 8.47. The van der Waals surface area contributed by atoms with Gasteiger partial charge in [-0.25, -0.2) is 0 Å². The highest BCUT2D eigenvalue weighted by molar-refractivity contribution is 7.45. The Kier molecular flexibility index (Phi) is 55.0. The van der Waals surface area contributed by atoms with Crippen molar-refractivity contribution in [3.05, 3.63) is 122 Å². The number of esters is 1. The summed E-state index contributed by atoms with van der Waals surface area (Å²) < 4.78 is 30.3. The van der Waals surface area contributed by atoms with E-state index in [2.05, 4.69) is 135 Å². The molecule has 0 fully saturated rings. The van der Waals surface area contributed by atoms with Crippen molar-refractivity contribution in [2.24, 2.45) is 0 Å². The fourth-order valence-corrected chi connectivity index (χ4v) is 9.19. The third-order valence-corrected chi connectivity index (χ3v) is 14.3. The number of nitrogens with one attached hydrogen (secondary N) is 1. The Bertz CT molecular complexity index is 1770. The first-order valence-electron chi connectivity index (χ1n) is 31.8. The van der Waals surface area contributed by atoms with Crippen molar-refractivity contribution in [1.29, 1.82) is 0 Å². The molecular weight excluding hydrogens is 1000 g/mol. The van der Waals surface area contributed by atoms with E-state index in [1.165, 1.54) is 83.5 Å². The SMILES string of the molecule is CC/C=C\C/C=C\C/C=C\C/C=C\C/C=C\CCCCCCCC(=O)OC(/C=C/CCCCCCCCCCCCC)C(COP(=O)([O-])OCC[N+](C)(C)C)NC(=O)CCCCC/C=C\C/C=C\C/C=C\C/C=C\CCCCC. The summed E-state index contributed by atoms with van der Waals surface area (Å²) in [5.41, 5.74) is 0. The van der Waals surface area contributed by atoms with E-state index in [4.69, 9.17) is 13.8 Å². The van der Waals surface area contributed by atoms with Crippen LogP contribution in [0.5, 0.6) is 0 Å². The third kappa shape index (κ3) is 58.9. The lowest BCUT2D eigenvalue weighted by molar-refractivity contribution is -0.870. The van der Waals surface area contributed by atoms with Crippen molar-refractivity contribution in [2.45, 2.75) is 264 Å². The molecule has 0 radical (unpaired) electrons. The van der Waals surface area contributed by atoms with Crippen molar-refractivity contribution in [3.63, 3.8) is 0 Å². The number of likely N-dealkylation sites (N-methyl/N-ethyl adjacent to an activating group) is 1. The molecule has 0 saturated carbocycles. The second-order valence-corrected chi connectivity index (χ2v) is 23.6. The van der Waals surface area contributed by atoms with Gasteiger partial charge in [-0.1, -0.05) is 239 Å². The number of phosphoric acid groups is 1. The van der Waals surface area contributed by atoms with E-state index in [0.29, 0.717) is 23.9 Å². The number of allylic oxidation sites excluding steroid dienone is 19. The molecule has 0 aromatic carbocycles. The van der Waals surface area contributed by atoms with Gasteiger partial charge in [-0.3, -0.25) is 14.2 Å². The Labute approximate surface area is 486 Å². The summed E-state index contributed by atoms with van der Waals surface area (Å²) in [7, 11) is 1.13. The highest BCUT2D eigenvalue weighted by Gasteiger charge is 2.27. The molecule has 9 nitrogen and oxygen atoms in total. The number of carbonyl (C=O) groups excluding carboxylic acids is 2. The molecular formula is C69H119N2O7P. The lowest BCUT2D eigenvalue weighted by Crippen LogP contribution is -2.47. The summed E-state index contributed by atoms with van der Waals surface area (Å²) in [6.07, 6.45) is 80.2. The predicted octanol–water partition coefficient (Wildman–Crippen LogP) is 19.3. The number of amides is 1. The van der Waals surface area contributed by atoms with Crippen molar-refractivity contribution in [3.8, 4) is 0 Å². The van der Waals surface area contributed by atoms with Gasteiger partial charge in [0, 0.05) is 12.8 Å². The molecule has 0 aliphatic carbocycles. The normalized spacial score (nSPS) is 14.5. The summed E-state index contributed by atoms with van der Waals surface area (Å²) in [4.78, 5) is 40.0. The van der Waals surface area contributed by atoms with Crippen LogP contribution >= 0.6 is 7.82 Å². The van der Waals surface area contributed by atoms with E-state index in [1.807, 2.05) is 33.3 Å². The van der Waals surface area contributed by atoms with Crippen LogP contribution in [0.1, 0.15) is 252 Å². The molecule has 0 aliphatic rings. The fraction of sp³-hybridized carbons (Fsp3) is 0.681. The minimum atomic E-state index is -4.72. The Morgan fingerprint density at radius 3 is 1.25 bits per heavy atom. The van der Waals surface area contributed by atoms with Crippen LogP contribution in [-0.4, -0.2) is 69.4 Å². The van der Waals surface area contributed by atoms with Gasteiger partial charge in [0.1, 0.15) is 19.3 Å². The Balaban J connectivity index is 5.38. The molecule has 1 N–H and O–H groups in total. The van der Waals surface area contributed by atoms with E-state index in [-0.39, 0.29) is 31.3 Å². The predicted molar refractivity (Wildman–Crippen MR) is 339 cm³/mol. The first-order valence-corrected chi connectivity index (χ1v) is 33.3. The number of phosphoric ester groups is 1. The van der Waals surface area contributed by atoms with Crippen LogP contribution in [0.4, 0.5) is 0 Å². The summed E-state index contributed by atoms with van der Waals surface area (Å²) in [5, 5.41) is 3.01. The van der Waals surface area contributed by atoms with Crippen LogP contribution in [0.15, 0.2) is 122 Å². The number of hydrogen-bond donors (Lipinski definition) is 1. The maximum atomic E-state index is 13.5. The zero-order chi connectivity index (χ0) is 57.9. The van der Waals surface area contributed by atoms with Crippen LogP contribution in [0, 0.1) is 0 Å². The van der Waals surface area contributed by atoms with Gasteiger partial charge in [0.25, 0.3) is 7.82 Å². The number of carbonyl (C=O) groups is 2. The van der Waals surface area contributed by atoms with Crippen LogP contribution in [0.3, 0.4) is 0 Å². The average Bonchev–Trinajstić information content (AvgIpc) is 3.41. The summed E-state index contributed by atoms with van der Waals surface area (Å²) in [6, 6.07) is -0.922. The summed E-state index contributed by atoms with van der Waals surface area (Å²) >= 11 is 0. The minimum absolute atomic E-state index is 0.0387. The smallest absolute Gasteiger partial charge is 0.306 e. The Morgan fingerprint density at radius 1 is 0.456 bits per heavy atom. The third-order valence-electron chi connectivity index (χ3n) is 13.4. The van der Waals surface area contributed by atoms with Gasteiger partial charge in [-0.05, 0) is 122 Å². The number of nitrogens with zero attached hydrogens (tertiary/aromatic N) is 1. The van der Waals surface area contributed by atoms with Gasteiger partial charge in [0.15, 0.2) is 0 Å². The largest absolute Gasteiger partial charge is 0.756 e. The molecule has 0 aromatic heterocycles. The van der Waals surface area contributed by atoms with Crippen molar-refractivity contribution in [1.82, 2.24) is 5.32 Å². The number of hydrogen-bond acceptors (Lipinski definition) is 7. The van der Waals surface area contributed by atoms with Crippen molar-refractivity contribution < 1.29 is 37.3 Å². The zero-order valence-corrected chi connectivity index (χ0v) is 52.4. The van der Waals surface area contributed by atoms with Crippen molar-refractivity contribution >= 4 is 19.7 Å². The lowest BCUT2D eigenvalue weighted by Gasteiger charge is -2.30. The van der Waals surface area contributed by atoms with Gasteiger partial charge in [0.2, 0.25) is 5.91 Å². The molecule has 0 aromatic rings. The monoisotopic (exact) mass is 1120 g/mol. The lowest BCUT2D eigenvalue weighted by atomic mass is 10.0. The number of unbranched alkanes of at least 4 members (excludes halogenated alkanes) is 22. The highest BCUT2D eigenvalue weighted by Crippen LogP contribution is 2.38. The molecule has 10 heteroatoms. The van der Waals surface area contributed by atoms with E-state index >= 15 is 0 Å². The molecule has 0 spiro atoms. The number of ether oxygens (including phenoxy) is 1. The van der Waals surface area contributed by atoms with Crippen LogP contribution in [-0.2, 0) is 27.9 Å². The quantitative estimate of drug-likeness (QED) is 0.0212. The average molecular weight is 1120 g/mol. The van der Waals surface area contributed by atoms with E-state index < -0.39 is 26.6 Å². The van der Waals surface area contributed by atoms with Gasteiger partial charge >= 0.3 is 5.97 Å². The maximum absolute atomic E-state index is 13.5. The summed E-state index contributed by atoms with van der Waals surface area (Å²) in [5.74, 6) is -0.605. The first kappa shape index (κ1) is 75.4. The molecule has 0 heterocycles. The maximum Gasteiger partial charge on any atom is 0.306 e. The van der Waals surface area contributed by atoms with Gasteiger partial charge in [0.05, 0.1) is 33.8 Å². The molecule has 0 saturated heterocycles. The zero-order valence-electron chi connectivity index (χ0n) is 51.5. The van der Waals surface area contributed by atoms with Crippen LogP contribution < -0.4 is 10.2 Å². The molecule has 0 bridgehead atoms. The summed E-state index contributed by atoms with van der Waals surface area (Å²) in [6.45, 7) is 6.65. The molecule has 0 aliphatic heterocycles. The van der Waals surface area contributed by atoms with E-state index in [9.17, 15) is 19.0 Å². The molecule has 79 heavy (non-hydrogen) atoms. The topological polar surface area (TPSA) is 114 Å². The van der Waals surface area contributed by atoms with Gasteiger partial charge < -0.3 is 28.5 Å². The van der Waals surface area contributed by atoms with E-state index in [1.54, 1.807) is 0 Å². The Hall–Kier alpha value is -3.59. The number of quaternary nitrogens is 1. The number of rotatable bonds is 56. The van der Waals surface area contributed by atoms with Crippen LogP contribution in [0.2, 0.25) is 0 Å². The molecule has 1 amide bonds. The second kappa shape index (κ2) is 57.6. The van der Waals surface area contributed by atoms with Crippen molar-refractivity contribution in [2.75, 3.05) is 40.9 Å². The first-order chi connectivity index (χ1) is 38.4. The highest BCUT2D eigenvalue weighted by atomic mass is 31.2. The Morgan fingerprint density at radius 2 is 0.810 bits per heavy atom. The molecule has 452 valence electrons. The van der Waals surface area contributed by atoms with E-state index in [0.717, 1.165) is 122 Å². The molecule has 0 rings (SSSR count). The van der Waals surface area contributed by atoms with Gasteiger partial charge in [-0.15, -0.1) is 0 Å². The second-order valence-electron chi connectivity index (χ2n) is 22.2. The minimum Gasteiger partial charge on any atom is -0.756 e.